The smallest absolute Gasteiger partial charge is 0.179 e. The number of halogens is 1. The summed E-state index contributed by atoms with van der Waals surface area (Å²) < 4.78 is 12.9. The quantitative estimate of drug-likeness (QED) is 0.946. The average molecular weight is 309 g/mol. The maximum absolute atomic E-state index is 10.4. The summed E-state index contributed by atoms with van der Waals surface area (Å²) in [6.45, 7) is 1.18. The third-order valence-electron chi connectivity index (χ3n) is 3.40. The lowest BCUT2D eigenvalue weighted by Crippen LogP contribution is -2.03. The number of fused-ring (bicyclic) bond motifs is 1. The first-order chi connectivity index (χ1) is 10.1. The van der Waals surface area contributed by atoms with Crippen LogP contribution in [0, 0.1) is 0 Å². The zero-order valence-corrected chi connectivity index (χ0v) is 12.5. The van der Waals surface area contributed by atoms with Crippen molar-refractivity contribution in [2.75, 3.05) is 13.2 Å². The van der Waals surface area contributed by atoms with Crippen LogP contribution in [-0.4, -0.2) is 28.1 Å². The minimum atomic E-state index is -0.663. The van der Waals surface area contributed by atoms with Crippen LogP contribution in [0.5, 0.6) is 11.5 Å². The number of ether oxygens (including phenoxy) is 2. The molecule has 0 spiro atoms. The molecule has 0 saturated heterocycles. The van der Waals surface area contributed by atoms with Crippen LogP contribution in [0.2, 0.25) is 5.02 Å². The molecule has 112 valence electrons. The van der Waals surface area contributed by atoms with Crippen LogP contribution in [0.4, 0.5) is 0 Å². The lowest BCUT2D eigenvalue weighted by Gasteiger charge is -2.15. The molecule has 0 aliphatic carbocycles. The van der Waals surface area contributed by atoms with E-state index in [2.05, 4.69) is 5.10 Å². The van der Waals surface area contributed by atoms with E-state index in [9.17, 15) is 5.11 Å². The number of hydrogen-bond acceptors (Lipinski definition) is 4. The Kier molecular flexibility index (Phi) is 4.03. The number of hydrogen-bond donors (Lipinski definition) is 1. The van der Waals surface area contributed by atoms with Crippen LogP contribution in [0.1, 0.15) is 23.7 Å². The van der Waals surface area contributed by atoms with Gasteiger partial charge in [0, 0.05) is 26.1 Å². The van der Waals surface area contributed by atoms with Gasteiger partial charge in [-0.05, 0) is 23.3 Å². The Hall–Kier alpha value is -1.72. The van der Waals surface area contributed by atoms with Crippen LogP contribution < -0.4 is 9.47 Å². The molecule has 1 aliphatic heterocycles. The van der Waals surface area contributed by atoms with Gasteiger partial charge in [0.2, 0.25) is 0 Å². The number of aliphatic hydroxyl groups is 1. The number of benzene rings is 1. The van der Waals surface area contributed by atoms with Crippen molar-refractivity contribution in [2.24, 2.45) is 7.05 Å². The predicted octanol–water partition coefficient (Wildman–Crippen LogP) is 2.51. The highest BCUT2D eigenvalue weighted by Gasteiger charge is 2.19. The van der Waals surface area contributed by atoms with Gasteiger partial charge < -0.3 is 14.6 Å². The topological polar surface area (TPSA) is 56.5 Å². The molecule has 1 unspecified atom stereocenters. The van der Waals surface area contributed by atoms with Crippen molar-refractivity contribution in [3.05, 3.63) is 40.7 Å². The second kappa shape index (κ2) is 5.95. The van der Waals surface area contributed by atoms with E-state index in [1.54, 1.807) is 23.0 Å². The Morgan fingerprint density at radius 2 is 2.19 bits per heavy atom. The molecule has 0 amide bonds. The molecule has 6 heteroatoms. The van der Waals surface area contributed by atoms with Gasteiger partial charge in [-0.25, -0.2) is 0 Å². The maximum atomic E-state index is 10.4. The van der Waals surface area contributed by atoms with Crippen molar-refractivity contribution < 1.29 is 14.6 Å². The maximum Gasteiger partial charge on any atom is 0.179 e. The summed E-state index contributed by atoms with van der Waals surface area (Å²) in [4.78, 5) is 0. The number of rotatable bonds is 3. The van der Waals surface area contributed by atoms with Gasteiger partial charge in [-0.15, -0.1) is 0 Å². The Morgan fingerprint density at radius 1 is 1.38 bits per heavy atom. The van der Waals surface area contributed by atoms with Crippen molar-refractivity contribution in [3.8, 4) is 11.5 Å². The fraction of sp³-hybridized carbons (Fsp3) is 0.400. The first-order valence-electron chi connectivity index (χ1n) is 6.88. The Bertz CT molecular complexity index is 642. The van der Waals surface area contributed by atoms with Crippen LogP contribution in [0.15, 0.2) is 24.5 Å². The molecule has 1 aliphatic rings. The molecular weight excluding hydrogens is 292 g/mol. The van der Waals surface area contributed by atoms with Crippen molar-refractivity contribution in [1.29, 1.82) is 0 Å². The SMILES string of the molecule is Cn1cc(CC(O)c2cc(Cl)c3c(c2)OCCCO3)cn1. The van der Waals surface area contributed by atoms with Crippen molar-refractivity contribution in [1.82, 2.24) is 9.78 Å². The molecule has 5 nitrogen and oxygen atoms in total. The van der Waals surface area contributed by atoms with Gasteiger partial charge in [0.05, 0.1) is 30.5 Å². The van der Waals surface area contributed by atoms with Crippen LogP contribution in [0.25, 0.3) is 0 Å². The molecule has 0 bridgehead atoms. The van der Waals surface area contributed by atoms with Gasteiger partial charge in [-0.3, -0.25) is 4.68 Å². The van der Waals surface area contributed by atoms with Crippen molar-refractivity contribution in [2.45, 2.75) is 18.9 Å². The Labute approximate surface area is 128 Å². The molecule has 0 radical (unpaired) electrons. The second-order valence-electron chi connectivity index (χ2n) is 5.12. The fourth-order valence-electron chi connectivity index (χ4n) is 2.36. The van der Waals surface area contributed by atoms with Gasteiger partial charge in [0.25, 0.3) is 0 Å². The highest BCUT2D eigenvalue weighted by atomic mass is 35.5. The summed E-state index contributed by atoms with van der Waals surface area (Å²) in [6.07, 6.45) is 4.26. The molecule has 2 heterocycles. The Balaban J connectivity index is 1.84. The summed E-state index contributed by atoms with van der Waals surface area (Å²) >= 11 is 6.24. The van der Waals surface area contributed by atoms with Crippen LogP contribution >= 0.6 is 11.6 Å². The number of aryl methyl sites for hydroxylation is 1. The highest BCUT2D eigenvalue weighted by Crippen LogP contribution is 2.39. The molecule has 3 rings (SSSR count). The average Bonchev–Trinajstić information content (AvgIpc) is 2.72. The predicted molar refractivity (Wildman–Crippen MR) is 78.9 cm³/mol. The summed E-state index contributed by atoms with van der Waals surface area (Å²) in [5.41, 5.74) is 1.68. The molecule has 1 atom stereocenters. The van der Waals surface area contributed by atoms with E-state index < -0.39 is 6.10 Å². The number of aliphatic hydroxyl groups excluding tert-OH is 1. The van der Waals surface area contributed by atoms with E-state index in [1.807, 2.05) is 13.2 Å². The first kappa shape index (κ1) is 14.2. The Morgan fingerprint density at radius 3 is 2.95 bits per heavy atom. The van der Waals surface area contributed by atoms with Gasteiger partial charge in [0.1, 0.15) is 0 Å². The van der Waals surface area contributed by atoms with Gasteiger partial charge in [-0.1, -0.05) is 11.6 Å². The molecule has 2 aromatic rings. The molecule has 0 saturated carbocycles. The molecule has 1 N–H and O–H groups in total. The van der Waals surface area contributed by atoms with E-state index in [4.69, 9.17) is 21.1 Å². The number of aromatic nitrogens is 2. The van der Waals surface area contributed by atoms with Gasteiger partial charge in [-0.2, -0.15) is 5.10 Å². The second-order valence-corrected chi connectivity index (χ2v) is 5.53. The van der Waals surface area contributed by atoms with E-state index in [1.165, 1.54) is 0 Å². The van der Waals surface area contributed by atoms with E-state index in [-0.39, 0.29) is 0 Å². The minimum absolute atomic E-state index is 0.467. The molecule has 21 heavy (non-hydrogen) atoms. The zero-order chi connectivity index (χ0) is 14.8. The van der Waals surface area contributed by atoms with Crippen LogP contribution in [-0.2, 0) is 13.5 Å². The highest BCUT2D eigenvalue weighted by molar-refractivity contribution is 6.32. The summed E-state index contributed by atoms with van der Waals surface area (Å²) in [5.74, 6) is 1.16. The number of nitrogens with zero attached hydrogens (tertiary/aromatic N) is 2. The van der Waals surface area contributed by atoms with E-state index in [0.717, 1.165) is 12.0 Å². The minimum Gasteiger partial charge on any atom is -0.489 e. The van der Waals surface area contributed by atoms with Gasteiger partial charge >= 0.3 is 0 Å². The van der Waals surface area contributed by atoms with Crippen molar-refractivity contribution in [3.63, 3.8) is 0 Å². The summed E-state index contributed by atoms with van der Waals surface area (Å²) in [6, 6.07) is 3.53. The molecular formula is C15H17ClN2O3. The van der Waals surface area contributed by atoms with Crippen molar-refractivity contribution >= 4 is 11.6 Å². The monoisotopic (exact) mass is 308 g/mol. The van der Waals surface area contributed by atoms with E-state index >= 15 is 0 Å². The third kappa shape index (κ3) is 3.14. The third-order valence-corrected chi connectivity index (χ3v) is 3.68. The standard InChI is InChI=1S/C15H17ClN2O3/c1-18-9-10(8-17-18)5-13(19)11-6-12(16)15-14(7-11)20-3-2-4-21-15/h6-9,13,19H,2-5H2,1H3. The lowest BCUT2D eigenvalue weighted by atomic mass is 10.0. The normalized spacial score (nSPS) is 15.6. The van der Waals surface area contributed by atoms with Crippen LogP contribution in [0.3, 0.4) is 0 Å². The first-order valence-corrected chi connectivity index (χ1v) is 7.26. The van der Waals surface area contributed by atoms with E-state index in [0.29, 0.717) is 41.7 Å². The molecule has 1 aromatic carbocycles. The lowest BCUT2D eigenvalue weighted by molar-refractivity contribution is 0.178. The molecule has 1 aromatic heterocycles. The summed E-state index contributed by atoms with van der Waals surface area (Å²) in [7, 11) is 1.85. The summed E-state index contributed by atoms with van der Waals surface area (Å²) in [5, 5.41) is 15.0. The molecule has 0 fully saturated rings. The zero-order valence-electron chi connectivity index (χ0n) is 11.8. The van der Waals surface area contributed by atoms with Gasteiger partial charge in [0.15, 0.2) is 11.5 Å². The fourth-order valence-corrected chi connectivity index (χ4v) is 2.64. The largest absolute Gasteiger partial charge is 0.489 e.